The number of unbranched alkanes of at least 4 members (excludes halogenated alkanes) is 6. The van der Waals surface area contributed by atoms with Gasteiger partial charge < -0.3 is 24.4 Å². The molecule has 0 aliphatic heterocycles. The summed E-state index contributed by atoms with van der Waals surface area (Å²) < 4.78 is 16.6. The van der Waals surface area contributed by atoms with Crippen LogP contribution in [0.2, 0.25) is 0 Å². The van der Waals surface area contributed by atoms with E-state index in [0.29, 0.717) is 25.4 Å². The van der Waals surface area contributed by atoms with Gasteiger partial charge in [0, 0.05) is 11.1 Å². The lowest BCUT2D eigenvalue weighted by Gasteiger charge is -2.23. The van der Waals surface area contributed by atoms with Crippen LogP contribution in [0.4, 0.5) is 4.79 Å². The summed E-state index contributed by atoms with van der Waals surface area (Å²) in [4.78, 5) is 11.3. The van der Waals surface area contributed by atoms with Crippen molar-refractivity contribution in [1.82, 2.24) is 0 Å². The lowest BCUT2D eigenvalue weighted by molar-refractivity contribution is 0.139. The average molecular weight is 411 g/mol. The lowest BCUT2D eigenvalue weighted by Crippen LogP contribution is -2.11. The van der Waals surface area contributed by atoms with E-state index in [0.717, 1.165) is 68.9 Å². The van der Waals surface area contributed by atoms with Gasteiger partial charge in [-0.25, -0.2) is 4.79 Å². The number of rotatable bonds is 15. The number of hydrogen-bond donors (Lipinski definition) is 2. The molecule has 6 nitrogen and oxygen atoms in total. The van der Waals surface area contributed by atoms with E-state index in [9.17, 15) is 15.0 Å². The van der Waals surface area contributed by atoms with Gasteiger partial charge in [0.2, 0.25) is 11.5 Å². The Labute approximate surface area is 175 Å². The molecule has 0 saturated carbocycles. The Bertz CT molecular complexity index is 627. The van der Waals surface area contributed by atoms with Crippen LogP contribution < -0.4 is 14.2 Å². The third-order valence-electron chi connectivity index (χ3n) is 4.88. The van der Waals surface area contributed by atoms with E-state index >= 15 is 0 Å². The molecule has 0 spiro atoms. The van der Waals surface area contributed by atoms with Crippen LogP contribution in [0, 0.1) is 0 Å². The molecule has 6 heteroatoms. The fraction of sp³-hybridized carbons (Fsp3) is 0.696. The molecular formula is C23H38O6. The van der Waals surface area contributed by atoms with Gasteiger partial charge in [-0.2, -0.15) is 0 Å². The smallest absolute Gasteiger partial charge is 0.504 e. The Morgan fingerprint density at radius 2 is 1.24 bits per heavy atom. The van der Waals surface area contributed by atoms with Crippen molar-refractivity contribution in [2.45, 2.75) is 91.9 Å². The number of hydrogen-bond acceptors (Lipinski definition) is 5. The maximum Gasteiger partial charge on any atom is 0.511 e. The number of phenols is 1. The van der Waals surface area contributed by atoms with Gasteiger partial charge in [0.05, 0.1) is 13.2 Å². The molecule has 166 valence electrons. The molecule has 0 unspecified atom stereocenters. The van der Waals surface area contributed by atoms with Crippen molar-refractivity contribution in [2.24, 2.45) is 0 Å². The fourth-order valence-corrected chi connectivity index (χ4v) is 3.51. The molecule has 0 aromatic heterocycles. The van der Waals surface area contributed by atoms with Gasteiger partial charge in [-0.3, -0.25) is 0 Å². The Hall–Kier alpha value is -2.11. The van der Waals surface area contributed by atoms with Crippen LogP contribution in [0.3, 0.4) is 0 Å². The molecule has 29 heavy (non-hydrogen) atoms. The van der Waals surface area contributed by atoms with E-state index in [1.807, 2.05) is 6.92 Å². The first-order chi connectivity index (χ1) is 14.0. The van der Waals surface area contributed by atoms with Crippen molar-refractivity contribution in [1.29, 1.82) is 0 Å². The summed E-state index contributed by atoms with van der Waals surface area (Å²) in [6.45, 7) is 8.72. The zero-order valence-electron chi connectivity index (χ0n) is 18.5. The van der Waals surface area contributed by atoms with Crippen LogP contribution in [-0.2, 0) is 12.8 Å². The highest BCUT2D eigenvalue weighted by Gasteiger charge is 2.28. The molecular weight excluding hydrogens is 372 g/mol. The van der Waals surface area contributed by atoms with E-state index in [-0.39, 0.29) is 17.2 Å². The minimum atomic E-state index is -1.49. The number of carboxylic acid groups (broad SMARTS) is 1. The van der Waals surface area contributed by atoms with Crippen LogP contribution in [0.25, 0.3) is 0 Å². The number of aromatic hydroxyl groups is 1. The minimum absolute atomic E-state index is 0.138. The molecule has 1 aromatic rings. The lowest BCUT2D eigenvalue weighted by atomic mass is 9.93. The number of ether oxygens (including phenoxy) is 3. The Kier molecular flexibility index (Phi) is 12.0. The average Bonchev–Trinajstić information content (AvgIpc) is 2.69. The standard InChI is InChI=1S/C23H38O6/c1-5-9-11-13-15-17-18(16-14-12-10-6-2)20(27-7-3)22(28-8-4)21(19(17)24)29-23(25)26/h24H,5-16H2,1-4H3,(H,25,26). The first-order valence-electron chi connectivity index (χ1n) is 11.1. The molecule has 0 aliphatic carbocycles. The molecule has 0 radical (unpaired) electrons. The highest BCUT2D eigenvalue weighted by Crippen LogP contribution is 2.50. The molecule has 0 atom stereocenters. The molecule has 0 bridgehead atoms. The normalized spacial score (nSPS) is 10.8. The van der Waals surface area contributed by atoms with Crippen molar-refractivity contribution < 1.29 is 29.2 Å². The van der Waals surface area contributed by atoms with Gasteiger partial charge in [-0.15, -0.1) is 0 Å². The Morgan fingerprint density at radius 3 is 1.72 bits per heavy atom. The monoisotopic (exact) mass is 410 g/mol. The second kappa shape index (κ2) is 14.0. The summed E-state index contributed by atoms with van der Waals surface area (Å²) in [5, 5.41) is 20.1. The van der Waals surface area contributed by atoms with Crippen LogP contribution in [0.5, 0.6) is 23.0 Å². The molecule has 0 aliphatic rings. The van der Waals surface area contributed by atoms with Crippen molar-refractivity contribution in [3.63, 3.8) is 0 Å². The van der Waals surface area contributed by atoms with E-state index in [2.05, 4.69) is 13.8 Å². The van der Waals surface area contributed by atoms with Crippen LogP contribution in [0.1, 0.15) is 90.2 Å². The van der Waals surface area contributed by atoms with Crippen molar-refractivity contribution in [3.8, 4) is 23.0 Å². The van der Waals surface area contributed by atoms with Crippen LogP contribution in [-0.4, -0.2) is 29.6 Å². The Morgan fingerprint density at radius 1 is 0.724 bits per heavy atom. The first-order valence-corrected chi connectivity index (χ1v) is 11.1. The second-order valence-electron chi connectivity index (χ2n) is 7.15. The van der Waals surface area contributed by atoms with Crippen molar-refractivity contribution in [3.05, 3.63) is 11.1 Å². The summed E-state index contributed by atoms with van der Waals surface area (Å²) >= 11 is 0. The fourth-order valence-electron chi connectivity index (χ4n) is 3.51. The van der Waals surface area contributed by atoms with E-state index in [1.165, 1.54) is 0 Å². The molecule has 0 fully saturated rings. The summed E-state index contributed by atoms with van der Waals surface area (Å²) in [6, 6.07) is 0. The minimum Gasteiger partial charge on any atom is -0.504 e. The van der Waals surface area contributed by atoms with Gasteiger partial charge in [-0.1, -0.05) is 52.4 Å². The van der Waals surface area contributed by atoms with Crippen LogP contribution in [0.15, 0.2) is 0 Å². The highest BCUT2D eigenvalue weighted by molar-refractivity contribution is 5.72. The molecule has 1 rings (SSSR count). The summed E-state index contributed by atoms with van der Waals surface area (Å²) in [5.41, 5.74) is 1.64. The molecule has 2 N–H and O–H groups in total. The maximum absolute atomic E-state index is 11.3. The van der Waals surface area contributed by atoms with Gasteiger partial charge in [-0.05, 0) is 39.5 Å². The summed E-state index contributed by atoms with van der Waals surface area (Å²) in [7, 11) is 0. The van der Waals surface area contributed by atoms with E-state index in [1.54, 1.807) is 6.92 Å². The second-order valence-corrected chi connectivity index (χ2v) is 7.15. The maximum atomic E-state index is 11.3. The highest BCUT2D eigenvalue weighted by atomic mass is 16.7. The topological polar surface area (TPSA) is 85.2 Å². The van der Waals surface area contributed by atoms with Gasteiger partial charge in [0.1, 0.15) is 0 Å². The number of phenolic OH excluding ortho intramolecular Hbond substituents is 1. The van der Waals surface area contributed by atoms with Gasteiger partial charge in [0.15, 0.2) is 11.5 Å². The quantitative estimate of drug-likeness (QED) is 0.195. The predicted molar refractivity (Wildman–Crippen MR) is 115 cm³/mol. The Balaban J connectivity index is 3.46. The van der Waals surface area contributed by atoms with Crippen LogP contribution >= 0.6 is 0 Å². The largest absolute Gasteiger partial charge is 0.511 e. The van der Waals surface area contributed by atoms with E-state index in [4.69, 9.17) is 14.2 Å². The zero-order chi connectivity index (χ0) is 21.6. The van der Waals surface area contributed by atoms with Crippen molar-refractivity contribution >= 4 is 6.16 Å². The molecule has 0 amide bonds. The number of carbonyl (C=O) groups is 1. The molecule has 0 heterocycles. The van der Waals surface area contributed by atoms with Gasteiger partial charge in [0.25, 0.3) is 0 Å². The zero-order valence-corrected chi connectivity index (χ0v) is 18.5. The molecule has 1 aromatic carbocycles. The van der Waals surface area contributed by atoms with E-state index < -0.39 is 6.16 Å². The predicted octanol–water partition coefficient (Wildman–Crippen LogP) is 6.49. The summed E-state index contributed by atoms with van der Waals surface area (Å²) in [5.74, 6) is 0.384. The van der Waals surface area contributed by atoms with Gasteiger partial charge >= 0.3 is 6.16 Å². The first kappa shape index (κ1) is 24.9. The summed E-state index contributed by atoms with van der Waals surface area (Å²) in [6.07, 6.45) is 8.48. The third kappa shape index (κ3) is 7.67. The number of benzene rings is 1. The SMILES string of the molecule is CCCCCCc1c(O)c(OC(=O)O)c(OCC)c(OCC)c1CCCCCC. The van der Waals surface area contributed by atoms with Crippen molar-refractivity contribution in [2.75, 3.05) is 13.2 Å². The third-order valence-corrected chi connectivity index (χ3v) is 4.88. The molecule has 0 saturated heterocycles.